The Morgan fingerprint density at radius 1 is 0.951 bits per heavy atom. The van der Waals surface area contributed by atoms with Crippen molar-refractivity contribution in [1.82, 2.24) is 10.2 Å². The lowest BCUT2D eigenvalue weighted by molar-refractivity contribution is -0.134. The van der Waals surface area contributed by atoms with Crippen molar-refractivity contribution in [2.24, 2.45) is 34.5 Å². The summed E-state index contributed by atoms with van der Waals surface area (Å²) in [6.07, 6.45) is 8.48. The first-order valence-electron chi connectivity index (χ1n) is 15.5. The quantitative estimate of drug-likeness (QED) is 0.406. The van der Waals surface area contributed by atoms with Crippen molar-refractivity contribution in [3.63, 3.8) is 0 Å². The first-order valence-corrected chi connectivity index (χ1v) is 15.5. The van der Waals surface area contributed by atoms with Crippen LogP contribution in [0.25, 0.3) is 0 Å². The number of carbonyl (C=O) groups is 2. The van der Waals surface area contributed by atoms with Crippen molar-refractivity contribution in [2.45, 2.75) is 71.8 Å². The molecule has 2 saturated carbocycles. The maximum absolute atomic E-state index is 14.1. The minimum absolute atomic E-state index is 0.0178. The number of likely N-dealkylation sites (tertiary alicyclic amines) is 1. The number of hydrogen-bond acceptors (Lipinski definition) is 3. The monoisotopic (exact) mass is 560 g/mol. The summed E-state index contributed by atoms with van der Waals surface area (Å²) in [5.41, 5.74) is 2.72. The first kappa shape index (κ1) is 28.1. The molecule has 0 radical (unpaired) electrons. The number of nitrogens with zero attached hydrogens (tertiary/aromatic N) is 1. The molecule has 6 rings (SSSR count). The summed E-state index contributed by atoms with van der Waals surface area (Å²) in [5, 5.41) is 3.31. The van der Waals surface area contributed by atoms with Gasteiger partial charge in [-0.2, -0.15) is 0 Å². The van der Waals surface area contributed by atoms with Gasteiger partial charge < -0.3 is 10.2 Å². The van der Waals surface area contributed by atoms with Gasteiger partial charge in [0, 0.05) is 42.6 Å². The Balaban J connectivity index is 1.27. The Morgan fingerprint density at radius 3 is 2.20 bits per heavy atom. The predicted molar refractivity (Wildman–Crippen MR) is 156 cm³/mol. The Bertz CT molecular complexity index is 1290. The van der Waals surface area contributed by atoms with Gasteiger partial charge in [0.2, 0.25) is 5.91 Å². The van der Waals surface area contributed by atoms with Gasteiger partial charge in [0.25, 0.3) is 0 Å². The number of amides is 1. The van der Waals surface area contributed by atoms with Gasteiger partial charge in [-0.1, -0.05) is 45.0 Å². The molecular weight excluding hydrogens is 518 g/mol. The number of fused-ring (bicyclic) bond motifs is 5. The van der Waals surface area contributed by atoms with Gasteiger partial charge in [-0.3, -0.25) is 9.59 Å². The smallest absolute Gasteiger partial charge is 0.224 e. The number of ketones is 1. The summed E-state index contributed by atoms with van der Waals surface area (Å²) in [6.45, 7) is 8.85. The Labute approximate surface area is 242 Å². The minimum Gasteiger partial charge on any atom is -0.374 e. The Kier molecular flexibility index (Phi) is 7.32. The number of halogens is 2. The second-order valence-electron chi connectivity index (χ2n) is 13.5. The molecule has 6 heteroatoms. The summed E-state index contributed by atoms with van der Waals surface area (Å²) in [4.78, 5) is 29.1. The average Bonchev–Trinajstić information content (AvgIpc) is 3.31. The highest BCUT2D eigenvalue weighted by molar-refractivity contribution is 5.91. The maximum atomic E-state index is 14.1. The lowest BCUT2D eigenvalue weighted by atomic mass is 9.49. The van der Waals surface area contributed by atoms with Crippen molar-refractivity contribution >= 4 is 11.7 Å². The van der Waals surface area contributed by atoms with Crippen LogP contribution in [0.3, 0.4) is 0 Å². The fourth-order valence-corrected chi connectivity index (χ4v) is 9.24. The van der Waals surface area contributed by atoms with E-state index in [4.69, 9.17) is 0 Å². The summed E-state index contributed by atoms with van der Waals surface area (Å²) in [6, 6.07) is 11.9. The van der Waals surface area contributed by atoms with Crippen LogP contribution in [-0.2, 0) is 9.59 Å². The van der Waals surface area contributed by atoms with Crippen LogP contribution >= 0.6 is 0 Å². The molecule has 6 atom stereocenters. The number of piperidine rings is 1. The minimum atomic E-state index is -0.483. The zero-order chi connectivity index (χ0) is 28.9. The highest BCUT2D eigenvalue weighted by Gasteiger charge is 2.61. The molecule has 1 N–H and O–H groups in total. The molecule has 3 aliphatic carbocycles. The first-order chi connectivity index (χ1) is 19.6. The van der Waals surface area contributed by atoms with E-state index in [2.05, 4.69) is 31.0 Å². The lowest BCUT2D eigenvalue weighted by Gasteiger charge is -2.60. The van der Waals surface area contributed by atoms with E-state index >= 15 is 0 Å². The summed E-state index contributed by atoms with van der Waals surface area (Å²) >= 11 is 0. The van der Waals surface area contributed by atoms with Gasteiger partial charge in [0.15, 0.2) is 5.78 Å². The third kappa shape index (κ3) is 4.81. The highest BCUT2D eigenvalue weighted by atomic mass is 19.1. The van der Waals surface area contributed by atoms with Gasteiger partial charge in [0.05, 0.1) is 6.04 Å². The van der Waals surface area contributed by atoms with E-state index in [1.54, 1.807) is 24.3 Å². The van der Waals surface area contributed by atoms with Crippen LogP contribution in [0.15, 0.2) is 60.3 Å². The van der Waals surface area contributed by atoms with Crippen LogP contribution in [0, 0.1) is 46.1 Å². The van der Waals surface area contributed by atoms with Crippen LogP contribution in [0.4, 0.5) is 8.78 Å². The molecule has 1 amide bonds. The fraction of sp³-hybridized carbons (Fsp3) is 0.543. The SMILES string of the molecule is CCCN1CC2C3CCC(C(=O)NC(c4ccc(F)cc4)c4ccc(F)cc4)[C@@]3(C)CCC2[C@@]2(C)CCC(=O)C=C12. The molecule has 1 aliphatic heterocycles. The summed E-state index contributed by atoms with van der Waals surface area (Å²) in [5.74, 6) is 0.977. The predicted octanol–water partition coefficient (Wildman–Crippen LogP) is 7.21. The molecule has 0 spiro atoms. The second kappa shape index (κ2) is 10.7. The van der Waals surface area contributed by atoms with E-state index in [0.29, 0.717) is 24.2 Å². The molecule has 3 fully saturated rings. The van der Waals surface area contributed by atoms with Gasteiger partial charge in [-0.05, 0) is 97.1 Å². The number of rotatable bonds is 6. The molecule has 218 valence electrons. The van der Waals surface area contributed by atoms with Crippen LogP contribution in [0.1, 0.15) is 82.9 Å². The number of allylic oxidation sites excluding steroid dienone is 2. The van der Waals surface area contributed by atoms with E-state index in [1.807, 2.05) is 6.08 Å². The van der Waals surface area contributed by atoms with Crippen molar-refractivity contribution in [3.05, 3.63) is 83.1 Å². The molecule has 0 bridgehead atoms. The van der Waals surface area contributed by atoms with Crippen molar-refractivity contribution in [3.8, 4) is 0 Å². The average molecular weight is 561 g/mol. The Morgan fingerprint density at radius 2 is 1.59 bits per heavy atom. The van der Waals surface area contributed by atoms with Crippen molar-refractivity contribution < 1.29 is 18.4 Å². The molecule has 41 heavy (non-hydrogen) atoms. The highest BCUT2D eigenvalue weighted by Crippen LogP contribution is 2.65. The summed E-state index contributed by atoms with van der Waals surface area (Å²) in [7, 11) is 0. The van der Waals surface area contributed by atoms with Gasteiger partial charge >= 0.3 is 0 Å². The lowest BCUT2D eigenvalue weighted by Crippen LogP contribution is -2.58. The molecule has 4 unspecified atom stereocenters. The molecule has 4 nitrogen and oxygen atoms in total. The molecule has 2 aromatic carbocycles. The normalized spacial score (nSPS) is 32.7. The van der Waals surface area contributed by atoms with Crippen molar-refractivity contribution in [1.29, 1.82) is 0 Å². The fourth-order valence-electron chi connectivity index (χ4n) is 9.24. The van der Waals surface area contributed by atoms with E-state index in [1.165, 1.54) is 30.0 Å². The number of nitrogens with one attached hydrogen (secondary N) is 1. The van der Waals surface area contributed by atoms with Crippen LogP contribution in [-0.4, -0.2) is 29.7 Å². The van der Waals surface area contributed by atoms with Crippen LogP contribution < -0.4 is 5.32 Å². The molecule has 4 aliphatic rings. The number of hydrogen-bond donors (Lipinski definition) is 1. The van der Waals surface area contributed by atoms with E-state index in [9.17, 15) is 18.4 Å². The molecule has 0 aromatic heterocycles. The zero-order valence-corrected chi connectivity index (χ0v) is 24.5. The third-order valence-corrected chi connectivity index (χ3v) is 11.3. The number of carbonyl (C=O) groups excluding carboxylic acids is 2. The standard InChI is InChI=1S/C35H42F2N2O2/c1-4-19-39-21-27-28-13-14-30(34(28,2)18-16-29(27)35(3)17-15-26(40)20-31(35)39)33(41)38-32(22-5-9-24(36)10-6-22)23-7-11-25(37)12-8-23/h5-12,20,27-30,32H,4,13-19,21H2,1-3H3,(H,38,41)/t27?,28?,29?,30?,34-,35+/m0/s1. The topological polar surface area (TPSA) is 49.4 Å². The molecule has 1 saturated heterocycles. The third-order valence-electron chi connectivity index (χ3n) is 11.3. The van der Waals surface area contributed by atoms with E-state index < -0.39 is 6.04 Å². The largest absolute Gasteiger partial charge is 0.374 e. The van der Waals surface area contributed by atoms with Crippen LogP contribution in [0.2, 0.25) is 0 Å². The van der Waals surface area contributed by atoms with E-state index in [0.717, 1.165) is 62.7 Å². The van der Waals surface area contributed by atoms with Gasteiger partial charge in [0.1, 0.15) is 11.6 Å². The molecule has 1 heterocycles. The summed E-state index contributed by atoms with van der Waals surface area (Å²) < 4.78 is 27.5. The van der Waals surface area contributed by atoms with E-state index in [-0.39, 0.29) is 40.1 Å². The van der Waals surface area contributed by atoms with Gasteiger partial charge in [-0.25, -0.2) is 8.78 Å². The number of benzene rings is 2. The molecule has 2 aromatic rings. The van der Waals surface area contributed by atoms with Gasteiger partial charge in [-0.15, -0.1) is 0 Å². The Hall–Kier alpha value is -3.02. The zero-order valence-electron chi connectivity index (χ0n) is 24.5. The maximum Gasteiger partial charge on any atom is 0.224 e. The second-order valence-corrected chi connectivity index (χ2v) is 13.5. The molecular formula is C35H42F2N2O2. The van der Waals surface area contributed by atoms with Crippen molar-refractivity contribution in [2.75, 3.05) is 13.1 Å². The van der Waals surface area contributed by atoms with Crippen LogP contribution in [0.5, 0.6) is 0 Å².